The van der Waals surface area contributed by atoms with Crippen LogP contribution in [0.1, 0.15) is 64.7 Å². The molecule has 0 amide bonds. The molecule has 1 aliphatic rings. The Kier molecular flexibility index (Phi) is 7.03. The highest BCUT2D eigenvalue weighted by atomic mass is 16.5. The third-order valence-corrected chi connectivity index (χ3v) is 3.46. The first kappa shape index (κ1) is 13.0. The quantitative estimate of drug-likeness (QED) is 0.513. The Morgan fingerprint density at radius 2 is 1.80 bits per heavy atom. The zero-order chi connectivity index (χ0) is 10.9. The van der Waals surface area contributed by atoms with E-state index in [1.807, 2.05) is 0 Å². The van der Waals surface area contributed by atoms with Gasteiger partial charge in [-0.05, 0) is 25.2 Å². The lowest BCUT2D eigenvalue weighted by atomic mass is 9.89. The van der Waals surface area contributed by atoms with Crippen LogP contribution in [0.15, 0.2) is 0 Å². The molecule has 15 heavy (non-hydrogen) atoms. The molecular weight excluding hydrogens is 186 g/mol. The minimum atomic E-state index is 0.759. The van der Waals surface area contributed by atoms with Gasteiger partial charge < -0.3 is 5.21 Å². The molecule has 0 aromatic heterocycles. The lowest BCUT2D eigenvalue weighted by molar-refractivity contribution is -0.105. The van der Waals surface area contributed by atoms with Gasteiger partial charge in [0.25, 0.3) is 0 Å². The molecule has 1 saturated carbocycles. The van der Waals surface area contributed by atoms with Crippen molar-refractivity contribution in [1.29, 1.82) is 0 Å². The zero-order valence-corrected chi connectivity index (χ0v) is 10.2. The van der Waals surface area contributed by atoms with Crippen LogP contribution in [0.5, 0.6) is 0 Å². The van der Waals surface area contributed by atoms with Gasteiger partial charge >= 0.3 is 0 Å². The van der Waals surface area contributed by atoms with Crippen LogP contribution in [-0.2, 0) is 0 Å². The summed E-state index contributed by atoms with van der Waals surface area (Å²) in [7, 11) is 0. The number of unbranched alkanes of at least 4 members (excludes halogenated alkanes) is 3. The summed E-state index contributed by atoms with van der Waals surface area (Å²) >= 11 is 0. The maximum absolute atomic E-state index is 9.73. The first-order valence-electron chi connectivity index (χ1n) is 6.76. The third kappa shape index (κ3) is 6.16. The van der Waals surface area contributed by atoms with Gasteiger partial charge in [-0.3, -0.25) is 0 Å². The highest BCUT2D eigenvalue weighted by Crippen LogP contribution is 2.24. The molecule has 0 saturated heterocycles. The van der Waals surface area contributed by atoms with Gasteiger partial charge in [0.05, 0.1) is 0 Å². The zero-order valence-electron chi connectivity index (χ0n) is 10.2. The van der Waals surface area contributed by atoms with Crippen molar-refractivity contribution >= 4 is 0 Å². The number of nitrogens with zero attached hydrogens (tertiary/aromatic N) is 1. The monoisotopic (exact) mass is 213 g/mol. The maximum atomic E-state index is 9.73. The van der Waals surface area contributed by atoms with Crippen molar-refractivity contribution in [2.45, 2.75) is 64.7 Å². The number of hydrogen-bond donors (Lipinski definition) is 1. The fourth-order valence-electron chi connectivity index (χ4n) is 2.48. The van der Waals surface area contributed by atoms with E-state index < -0.39 is 0 Å². The molecular formula is C13H27NO. The predicted molar refractivity (Wildman–Crippen MR) is 64.1 cm³/mol. The summed E-state index contributed by atoms with van der Waals surface area (Å²) < 4.78 is 0. The molecule has 0 unspecified atom stereocenters. The first-order chi connectivity index (χ1) is 7.33. The minimum Gasteiger partial charge on any atom is -0.314 e. The maximum Gasteiger partial charge on any atom is 0.0266 e. The highest BCUT2D eigenvalue weighted by molar-refractivity contribution is 4.67. The van der Waals surface area contributed by atoms with Crippen LogP contribution in [0.4, 0.5) is 0 Å². The molecule has 0 aromatic rings. The molecule has 0 bridgehead atoms. The summed E-state index contributed by atoms with van der Waals surface area (Å²) in [6.45, 7) is 4.00. The smallest absolute Gasteiger partial charge is 0.0266 e. The van der Waals surface area contributed by atoms with Crippen LogP contribution >= 0.6 is 0 Å². The van der Waals surface area contributed by atoms with Crippen molar-refractivity contribution in [2.75, 3.05) is 13.1 Å². The normalized spacial score (nSPS) is 18.6. The Hall–Kier alpha value is -0.0800. The number of rotatable bonds is 7. The van der Waals surface area contributed by atoms with Crippen molar-refractivity contribution in [3.05, 3.63) is 0 Å². The van der Waals surface area contributed by atoms with Gasteiger partial charge in [0.2, 0.25) is 0 Å². The molecule has 2 heteroatoms. The van der Waals surface area contributed by atoms with Crippen LogP contribution in [0.25, 0.3) is 0 Å². The van der Waals surface area contributed by atoms with Crippen molar-refractivity contribution in [1.82, 2.24) is 5.06 Å². The van der Waals surface area contributed by atoms with Crippen molar-refractivity contribution in [2.24, 2.45) is 5.92 Å². The van der Waals surface area contributed by atoms with E-state index in [0.717, 1.165) is 25.4 Å². The Labute approximate surface area is 94.6 Å². The summed E-state index contributed by atoms with van der Waals surface area (Å²) in [6.07, 6.45) is 11.8. The van der Waals surface area contributed by atoms with E-state index in [4.69, 9.17) is 0 Å². The molecule has 0 radical (unpaired) electrons. The lowest BCUT2D eigenvalue weighted by Gasteiger charge is -2.25. The summed E-state index contributed by atoms with van der Waals surface area (Å²) in [5, 5.41) is 11.3. The van der Waals surface area contributed by atoms with E-state index in [2.05, 4.69) is 6.92 Å². The van der Waals surface area contributed by atoms with E-state index in [1.54, 1.807) is 5.06 Å². The highest BCUT2D eigenvalue weighted by Gasteiger charge is 2.15. The average Bonchev–Trinajstić information content (AvgIpc) is 2.26. The Morgan fingerprint density at radius 3 is 2.47 bits per heavy atom. The molecule has 0 aliphatic heterocycles. The first-order valence-corrected chi connectivity index (χ1v) is 6.76. The van der Waals surface area contributed by atoms with E-state index in [-0.39, 0.29) is 0 Å². The van der Waals surface area contributed by atoms with E-state index in [1.165, 1.54) is 51.4 Å². The average molecular weight is 213 g/mol. The Morgan fingerprint density at radius 1 is 1.07 bits per heavy atom. The van der Waals surface area contributed by atoms with Crippen molar-refractivity contribution in [3.8, 4) is 0 Å². The standard InChI is InChI=1S/C13H27NO/c1-2-3-4-8-11-14(15)12-13-9-6-5-7-10-13/h13,15H,2-12H2,1H3. The SMILES string of the molecule is CCCCCCN(O)CC1CCCCC1. The molecule has 90 valence electrons. The van der Waals surface area contributed by atoms with Crippen LogP contribution < -0.4 is 0 Å². The van der Waals surface area contributed by atoms with Gasteiger partial charge in [-0.15, -0.1) is 0 Å². The fraction of sp³-hybridized carbons (Fsp3) is 1.00. The molecule has 0 atom stereocenters. The molecule has 1 rings (SSSR count). The lowest BCUT2D eigenvalue weighted by Crippen LogP contribution is -2.28. The molecule has 0 heterocycles. The second-order valence-corrected chi connectivity index (χ2v) is 4.98. The molecule has 2 nitrogen and oxygen atoms in total. The molecule has 1 fully saturated rings. The number of hydrogen-bond acceptors (Lipinski definition) is 2. The molecule has 0 aromatic carbocycles. The molecule has 1 aliphatic carbocycles. The summed E-state index contributed by atoms with van der Waals surface area (Å²) in [6, 6.07) is 0. The van der Waals surface area contributed by atoms with Crippen LogP contribution in [-0.4, -0.2) is 23.4 Å². The fourth-order valence-corrected chi connectivity index (χ4v) is 2.48. The topological polar surface area (TPSA) is 23.5 Å². The van der Waals surface area contributed by atoms with Crippen LogP contribution in [0.3, 0.4) is 0 Å². The molecule has 1 N–H and O–H groups in total. The van der Waals surface area contributed by atoms with E-state index >= 15 is 0 Å². The van der Waals surface area contributed by atoms with Gasteiger partial charge in [0, 0.05) is 13.1 Å². The van der Waals surface area contributed by atoms with Crippen molar-refractivity contribution < 1.29 is 5.21 Å². The third-order valence-electron chi connectivity index (χ3n) is 3.46. The Balaban J connectivity index is 1.98. The van der Waals surface area contributed by atoms with Gasteiger partial charge in [-0.1, -0.05) is 45.4 Å². The molecule has 0 spiro atoms. The minimum absolute atomic E-state index is 0.759. The van der Waals surface area contributed by atoms with Gasteiger partial charge in [-0.25, -0.2) is 0 Å². The van der Waals surface area contributed by atoms with Crippen LogP contribution in [0.2, 0.25) is 0 Å². The van der Waals surface area contributed by atoms with Gasteiger partial charge in [0.1, 0.15) is 0 Å². The van der Waals surface area contributed by atoms with E-state index in [0.29, 0.717) is 0 Å². The van der Waals surface area contributed by atoms with Crippen molar-refractivity contribution in [3.63, 3.8) is 0 Å². The summed E-state index contributed by atoms with van der Waals surface area (Å²) in [5.74, 6) is 0.759. The Bertz CT molecular complexity index is 143. The second-order valence-electron chi connectivity index (χ2n) is 4.98. The summed E-state index contributed by atoms with van der Waals surface area (Å²) in [4.78, 5) is 0. The second kappa shape index (κ2) is 8.12. The van der Waals surface area contributed by atoms with E-state index in [9.17, 15) is 5.21 Å². The largest absolute Gasteiger partial charge is 0.314 e. The van der Waals surface area contributed by atoms with Gasteiger partial charge in [-0.2, -0.15) is 5.06 Å². The van der Waals surface area contributed by atoms with Crippen LogP contribution in [0, 0.1) is 5.92 Å². The summed E-state index contributed by atoms with van der Waals surface area (Å²) in [5.41, 5.74) is 0. The number of hydroxylamine groups is 2. The van der Waals surface area contributed by atoms with Gasteiger partial charge in [0.15, 0.2) is 0 Å². The predicted octanol–water partition coefficient (Wildman–Crippen LogP) is 3.84.